The van der Waals surface area contributed by atoms with Crippen LogP contribution >= 0.6 is 0 Å². The first-order chi connectivity index (χ1) is 9.42. The zero-order valence-corrected chi connectivity index (χ0v) is 12.7. The van der Waals surface area contributed by atoms with Gasteiger partial charge in [-0.3, -0.25) is 4.55 Å². The first-order valence-corrected chi connectivity index (χ1v) is 8.60. The molecule has 0 bridgehead atoms. The molecule has 0 aliphatic rings. The maximum Gasteiger partial charge on any atom is 0.264 e. The van der Waals surface area contributed by atoms with Crippen LogP contribution < -0.4 is 11.1 Å². The highest BCUT2D eigenvalue weighted by Gasteiger charge is 2.04. The van der Waals surface area contributed by atoms with Crippen molar-refractivity contribution in [1.82, 2.24) is 0 Å². The van der Waals surface area contributed by atoms with Crippen molar-refractivity contribution >= 4 is 21.5 Å². The molecule has 114 valence electrons. The molecule has 4 N–H and O–H groups in total. The van der Waals surface area contributed by atoms with Gasteiger partial charge >= 0.3 is 0 Å². The SMILES string of the molecule is CCCCc1cc(NCCCCS(=O)(=O)O)ccc1N. The minimum absolute atomic E-state index is 0.182. The number of nitrogen functional groups attached to an aromatic ring is 1. The minimum Gasteiger partial charge on any atom is -0.399 e. The molecular weight excluding hydrogens is 276 g/mol. The molecule has 1 aromatic rings. The number of benzene rings is 1. The molecule has 0 spiro atoms. The fourth-order valence-corrected chi connectivity index (χ4v) is 2.51. The molecule has 0 fully saturated rings. The number of anilines is 2. The number of hydrogen-bond acceptors (Lipinski definition) is 4. The fraction of sp³-hybridized carbons (Fsp3) is 0.571. The van der Waals surface area contributed by atoms with Crippen LogP contribution in [0.25, 0.3) is 0 Å². The summed E-state index contributed by atoms with van der Waals surface area (Å²) < 4.78 is 29.8. The van der Waals surface area contributed by atoms with E-state index in [1.165, 1.54) is 0 Å². The summed E-state index contributed by atoms with van der Waals surface area (Å²) in [4.78, 5) is 0. The van der Waals surface area contributed by atoms with Crippen LogP contribution in [0.2, 0.25) is 0 Å². The van der Waals surface area contributed by atoms with Crippen molar-refractivity contribution < 1.29 is 13.0 Å². The van der Waals surface area contributed by atoms with Crippen molar-refractivity contribution in [2.24, 2.45) is 0 Å². The molecular formula is C14H24N2O3S. The van der Waals surface area contributed by atoms with Crippen LogP contribution in [0.1, 0.15) is 38.2 Å². The Morgan fingerprint density at radius 1 is 1.25 bits per heavy atom. The molecule has 0 radical (unpaired) electrons. The van der Waals surface area contributed by atoms with E-state index >= 15 is 0 Å². The lowest BCUT2D eigenvalue weighted by Gasteiger charge is -2.10. The Bertz CT molecular complexity index is 515. The van der Waals surface area contributed by atoms with Gasteiger partial charge in [-0.15, -0.1) is 0 Å². The summed E-state index contributed by atoms with van der Waals surface area (Å²) >= 11 is 0. The van der Waals surface area contributed by atoms with Gasteiger partial charge in [0.05, 0.1) is 5.75 Å². The van der Waals surface area contributed by atoms with E-state index in [-0.39, 0.29) is 5.75 Å². The Morgan fingerprint density at radius 3 is 2.65 bits per heavy atom. The largest absolute Gasteiger partial charge is 0.399 e. The molecule has 0 atom stereocenters. The second kappa shape index (κ2) is 8.11. The number of rotatable bonds is 9. The van der Waals surface area contributed by atoms with Crippen LogP contribution in [-0.4, -0.2) is 25.3 Å². The lowest BCUT2D eigenvalue weighted by molar-refractivity contribution is 0.480. The molecule has 0 unspecified atom stereocenters. The first-order valence-electron chi connectivity index (χ1n) is 7.00. The molecule has 0 saturated heterocycles. The number of nitrogens with two attached hydrogens (primary N) is 1. The number of hydrogen-bond donors (Lipinski definition) is 3. The third kappa shape index (κ3) is 6.77. The van der Waals surface area contributed by atoms with Crippen LogP contribution in [0.15, 0.2) is 18.2 Å². The predicted octanol–water partition coefficient (Wildman–Crippen LogP) is 2.69. The smallest absolute Gasteiger partial charge is 0.264 e. The van der Waals surface area contributed by atoms with Crippen LogP contribution in [0.5, 0.6) is 0 Å². The second-order valence-electron chi connectivity index (χ2n) is 4.94. The quantitative estimate of drug-likeness (QED) is 0.370. The topological polar surface area (TPSA) is 92.4 Å². The van der Waals surface area contributed by atoms with Crippen molar-refractivity contribution in [2.75, 3.05) is 23.3 Å². The van der Waals surface area contributed by atoms with Crippen molar-refractivity contribution in [1.29, 1.82) is 0 Å². The summed E-state index contributed by atoms with van der Waals surface area (Å²) in [5.74, 6) is -0.182. The molecule has 0 aliphatic heterocycles. The molecule has 0 amide bonds. The zero-order chi connectivity index (χ0) is 15.0. The van der Waals surface area contributed by atoms with E-state index in [4.69, 9.17) is 10.3 Å². The lowest BCUT2D eigenvalue weighted by Crippen LogP contribution is -2.08. The van der Waals surface area contributed by atoms with Gasteiger partial charge in [-0.05, 0) is 49.4 Å². The summed E-state index contributed by atoms with van der Waals surface area (Å²) in [6.45, 7) is 2.82. The third-order valence-corrected chi connectivity index (χ3v) is 3.91. The molecule has 0 heterocycles. The minimum atomic E-state index is -3.84. The molecule has 0 aromatic heterocycles. The normalized spacial score (nSPS) is 11.5. The average molecular weight is 300 g/mol. The van der Waals surface area contributed by atoms with Crippen LogP contribution in [0, 0.1) is 0 Å². The Labute approximate surface area is 121 Å². The van der Waals surface area contributed by atoms with Gasteiger partial charge in [0.1, 0.15) is 0 Å². The van der Waals surface area contributed by atoms with E-state index in [0.717, 1.165) is 36.2 Å². The Hall–Kier alpha value is -1.27. The van der Waals surface area contributed by atoms with Crippen molar-refractivity contribution in [3.05, 3.63) is 23.8 Å². The summed E-state index contributed by atoms with van der Waals surface area (Å²) in [6.07, 6.45) is 4.35. The van der Waals surface area contributed by atoms with E-state index in [2.05, 4.69) is 12.2 Å². The van der Waals surface area contributed by atoms with E-state index in [9.17, 15) is 8.42 Å². The van der Waals surface area contributed by atoms with Gasteiger partial charge in [-0.2, -0.15) is 8.42 Å². The molecule has 1 aromatic carbocycles. The molecule has 6 heteroatoms. The van der Waals surface area contributed by atoms with Crippen molar-refractivity contribution in [2.45, 2.75) is 39.0 Å². The van der Waals surface area contributed by atoms with Gasteiger partial charge in [-0.25, -0.2) is 0 Å². The number of unbranched alkanes of at least 4 members (excludes halogenated alkanes) is 2. The number of aryl methyl sites for hydroxylation is 1. The lowest BCUT2D eigenvalue weighted by atomic mass is 10.1. The van der Waals surface area contributed by atoms with Gasteiger partial charge in [-0.1, -0.05) is 13.3 Å². The maximum atomic E-state index is 10.6. The Balaban J connectivity index is 2.40. The first kappa shape index (κ1) is 16.8. The van der Waals surface area contributed by atoms with Crippen LogP contribution in [0.3, 0.4) is 0 Å². The van der Waals surface area contributed by atoms with E-state index in [0.29, 0.717) is 19.4 Å². The number of nitrogens with one attached hydrogen (secondary N) is 1. The van der Waals surface area contributed by atoms with Gasteiger partial charge in [0.15, 0.2) is 0 Å². The highest BCUT2D eigenvalue weighted by Crippen LogP contribution is 2.20. The molecule has 20 heavy (non-hydrogen) atoms. The predicted molar refractivity (Wildman–Crippen MR) is 83.6 cm³/mol. The van der Waals surface area contributed by atoms with E-state index < -0.39 is 10.1 Å². The van der Waals surface area contributed by atoms with Crippen molar-refractivity contribution in [3.63, 3.8) is 0 Å². The Morgan fingerprint density at radius 2 is 2.00 bits per heavy atom. The van der Waals surface area contributed by atoms with Crippen molar-refractivity contribution in [3.8, 4) is 0 Å². The average Bonchev–Trinajstić information content (AvgIpc) is 2.37. The van der Waals surface area contributed by atoms with Crippen LogP contribution in [-0.2, 0) is 16.5 Å². The monoisotopic (exact) mass is 300 g/mol. The summed E-state index contributed by atoms with van der Waals surface area (Å²) in [7, 11) is -3.84. The third-order valence-electron chi connectivity index (χ3n) is 3.10. The van der Waals surface area contributed by atoms with Gasteiger partial charge in [0.25, 0.3) is 10.1 Å². The molecule has 0 aliphatic carbocycles. The van der Waals surface area contributed by atoms with E-state index in [1.54, 1.807) is 0 Å². The maximum absolute atomic E-state index is 10.6. The summed E-state index contributed by atoms with van der Waals surface area (Å²) in [5, 5.41) is 3.24. The summed E-state index contributed by atoms with van der Waals surface area (Å²) in [6, 6.07) is 5.87. The highest BCUT2D eigenvalue weighted by atomic mass is 32.2. The summed E-state index contributed by atoms with van der Waals surface area (Å²) in [5.41, 5.74) is 8.89. The van der Waals surface area contributed by atoms with Gasteiger partial charge in [0, 0.05) is 17.9 Å². The highest BCUT2D eigenvalue weighted by molar-refractivity contribution is 7.85. The molecule has 1 rings (SSSR count). The van der Waals surface area contributed by atoms with E-state index in [1.807, 2.05) is 18.2 Å². The zero-order valence-electron chi connectivity index (χ0n) is 11.9. The van der Waals surface area contributed by atoms with Crippen LogP contribution in [0.4, 0.5) is 11.4 Å². The molecule has 5 nitrogen and oxygen atoms in total. The molecule has 0 saturated carbocycles. The fourth-order valence-electron chi connectivity index (χ4n) is 1.94. The Kier molecular flexibility index (Phi) is 6.81. The second-order valence-corrected chi connectivity index (χ2v) is 6.51. The van der Waals surface area contributed by atoms with Gasteiger partial charge in [0.2, 0.25) is 0 Å². The standard InChI is InChI=1S/C14H24N2O3S/c1-2-3-6-12-11-13(7-8-14(12)15)16-9-4-5-10-20(17,18)19/h7-8,11,16H,2-6,9-10,15H2,1H3,(H,17,18,19). The van der Waals surface area contributed by atoms with Gasteiger partial charge < -0.3 is 11.1 Å².